The van der Waals surface area contributed by atoms with Crippen molar-refractivity contribution in [1.29, 1.82) is 0 Å². The lowest BCUT2D eigenvalue weighted by Gasteiger charge is -2.31. The van der Waals surface area contributed by atoms with Crippen LogP contribution in [0.5, 0.6) is 6.01 Å². The Bertz CT molecular complexity index is 1210. The summed E-state index contributed by atoms with van der Waals surface area (Å²) >= 11 is 0. The largest absolute Gasteiger partial charge is 0.459 e. The van der Waals surface area contributed by atoms with Crippen LogP contribution >= 0.6 is 0 Å². The maximum Gasteiger partial charge on any atom is 0.296 e. The molecule has 0 spiro atoms. The zero-order chi connectivity index (χ0) is 25.8. The Balaban J connectivity index is 1.09. The van der Waals surface area contributed by atoms with Crippen LogP contribution in [0.2, 0.25) is 0 Å². The maximum atomic E-state index is 13.1. The van der Waals surface area contributed by atoms with Gasteiger partial charge in [0, 0.05) is 55.3 Å². The van der Waals surface area contributed by atoms with Crippen molar-refractivity contribution >= 4 is 16.7 Å². The lowest BCUT2D eigenvalue weighted by atomic mass is 9.78. The zero-order valence-corrected chi connectivity index (χ0v) is 21.5. The Kier molecular flexibility index (Phi) is 8.13. The minimum Gasteiger partial charge on any atom is -0.459 e. The number of alkyl halides is 2. The predicted molar refractivity (Wildman–Crippen MR) is 139 cm³/mol. The molecule has 6 nitrogen and oxygen atoms in total. The van der Waals surface area contributed by atoms with Crippen molar-refractivity contribution in [2.45, 2.75) is 71.4 Å². The van der Waals surface area contributed by atoms with E-state index in [1.807, 2.05) is 41.8 Å². The van der Waals surface area contributed by atoms with Crippen molar-refractivity contribution in [2.75, 3.05) is 19.7 Å². The molecule has 3 heterocycles. The second-order valence-electron chi connectivity index (χ2n) is 10.4. The van der Waals surface area contributed by atoms with Gasteiger partial charge in [-0.15, -0.1) is 0 Å². The Labute approximate surface area is 217 Å². The third kappa shape index (κ3) is 6.00. The summed E-state index contributed by atoms with van der Waals surface area (Å²) < 4.78 is 32.4. The summed E-state index contributed by atoms with van der Waals surface area (Å²) in [6, 6.07) is 10.0. The molecule has 1 aliphatic carbocycles. The molecule has 0 radical (unpaired) electrons. The molecule has 1 aromatic carbocycles. The summed E-state index contributed by atoms with van der Waals surface area (Å²) in [5.74, 6) is 1.38. The van der Waals surface area contributed by atoms with Crippen molar-refractivity contribution in [3.8, 4) is 6.01 Å². The number of fused-ring (bicyclic) bond motifs is 2. The number of nitrogens with zero attached hydrogens (tertiary/aromatic N) is 4. The van der Waals surface area contributed by atoms with Crippen molar-refractivity contribution in [3.63, 3.8) is 0 Å². The first kappa shape index (κ1) is 25.8. The van der Waals surface area contributed by atoms with Crippen LogP contribution < -0.4 is 4.74 Å². The van der Waals surface area contributed by atoms with Gasteiger partial charge in [0.2, 0.25) is 0 Å². The van der Waals surface area contributed by atoms with E-state index < -0.39 is 13.0 Å². The number of ketones is 1. The number of Topliss-reactive ketones (excluding diaryl/α,β-unsaturated/α-hetero) is 1. The zero-order valence-electron chi connectivity index (χ0n) is 21.5. The van der Waals surface area contributed by atoms with Crippen molar-refractivity contribution < 1.29 is 18.3 Å². The molecule has 2 aliphatic rings. The van der Waals surface area contributed by atoms with E-state index in [4.69, 9.17) is 4.74 Å². The molecule has 0 bridgehead atoms. The van der Waals surface area contributed by atoms with Crippen LogP contribution in [0.1, 0.15) is 67.2 Å². The molecule has 0 N–H and O–H groups in total. The van der Waals surface area contributed by atoms with Gasteiger partial charge in [0.15, 0.2) is 12.4 Å². The van der Waals surface area contributed by atoms with Gasteiger partial charge < -0.3 is 4.74 Å². The molecular weight excluding hydrogens is 474 g/mol. The van der Waals surface area contributed by atoms with E-state index in [-0.39, 0.29) is 5.78 Å². The fraction of sp³-hybridized carbons (Fsp3) is 0.552. The monoisotopic (exact) mass is 510 g/mol. The van der Waals surface area contributed by atoms with Gasteiger partial charge >= 0.3 is 0 Å². The number of imidazole rings is 1. The van der Waals surface area contributed by atoms with Gasteiger partial charge in [0.05, 0.1) is 11.2 Å². The van der Waals surface area contributed by atoms with E-state index in [0.29, 0.717) is 30.8 Å². The van der Waals surface area contributed by atoms with Crippen molar-refractivity contribution in [3.05, 3.63) is 53.5 Å². The Morgan fingerprint density at radius 1 is 1.14 bits per heavy atom. The van der Waals surface area contributed by atoms with Crippen molar-refractivity contribution in [2.24, 2.45) is 11.8 Å². The second kappa shape index (κ2) is 11.7. The highest BCUT2D eigenvalue weighted by atomic mass is 19.3. The Morgan fingerprint density at radius 2 is 1.95 bits per heavy atom. The minimum absolute atomic E-state index is 0.231. The minimum atomic E-state index is -2.50. The number of rotatable bonds is 10. The fourth-order valence-electron chi connectivity index (χ4n) is 6.05. The normalized spacial score (nSPS) is 20.3. The Hall–Kier alpha value is -2.87. The first-order valence-corrected chi connectivity index (χ1v) is 13.6. The molecule has 5 rings (SSSR count). The molecular formula is C29H36F2N4O2. The van der Waals surface area contributed by atoms with Gasteiger partial charge in [0.1, 0.15) is 0 Å². The predicted octanol–water partition coefficient (Wildman–Crippen LogP) is 5.92. The maximum absolute atomic E-state index is 13.1. The number of carbonyl (C=O) groups is 1. The van der Waals surface area contributed by atoms with E-state index in [1.54, 1.807) is 6.20 Å². The summed E-state index contributed by atoms with van der Waals surface area (Å²) in [6.07, 6.45) is 6.45. The van der Waals surface area contributed by atoms with Crippen LogP contribution in [-0.2, 0) is 19.5 Å². The first-order chi connectivity index (χ1) is 18.0. The van der Waals surface area contributed by atoms with E-state index in [9.17, 15) is 13.6 Å². The van der Waals surface area contributed by atoms with Gasteiger partial charge in [0.25, 0.3) is 12.4 Å². The van der Waals surface area contributed by atoms with Crippen LogP contribution in [-0.4, -0.2) is 51.3 Å². The highest BCUT2D eigenvalue weighted by molar-refractivity contribution is 6.07. The molecule has 8 heteroatoms. The van der Waals surface area contributed by atoms with E-state index in [0.717, 1.165) is 73.2 Å². The average molecular weight is 511 g/mol. The smallest absolute Gasteiger partial charge is 0.296 e. The van der Waals surface area contributed by atoms with Gasteiger partial charge in [-0.05, 0) is 56.7 Å². The number of halogens is 2. The number of hydrogen-bond acceptors (Lipinski definition) is 5. The van der Waals surface area contributed by atoms with Crippen LogP contribution in [0, 0.1) is 11.8 Å². The van der Waals surface area contributed by atoms with Crippen LogP contribution in [0.25, 0.3) is 10.9 Å². The SMILES string of the molecule is CCn1c(OCC(F)F)nc2c1CCN(CCC1CCC(CC(=O)c3cccc4ncccc34)CC1)C2. The molecule has 3 aromatic rings. The molecule has 198 valence electrons. The molecule has 2 aromatic heterocycles. The number of aromatic nitrogens is 3. The van der Waals surface area contributed by atoms with Crippen LogP contribution in [0.3, 0.4) is 0 Å². The lowest BCUT2D eigenvalue weighted by molar-refractivity contribution is 0.0749. The molecule has 1 fully saturated rings. The highest BCUT2D eigenvalue weighted by Crippen LogP contribution is 2.34. The van der Waals surface area contributed by atoms with Gasteiger partial charge in [-0.2, -0.15) is 4.98 Å². The van der Waals surface area contributed by atoms with Gasteiger partial charge in [-0.3, -0.25) is 19.2 Å². The summed E-state index contributed by atoms with van der Waals surface area (Å²) in [4.78, 5) is 24.4. The van der Waals surface area contributed by atoms with E-state index >= 15 is 0 Å². The van der Waals surface area contributed by atoms with E-state index in [2.05, 4.69) is 14.9 Å². The molecule has 0 unspecified atom stereocenters. The number of hydrogen-bond donors (Lipinski definition) is 0. The molecule has 1 saturated carbocycles. The number of benzene rings is 1. The summed E-state index contributed by atoms with van der Waals surface area (Å²) in [7, 11) is 0. The average Bonchev–Trinajstić information content (AvgIpc) is 3.27. The van der Waals surface area contributed by atoms with E-state index in [1.165, 1.54) is 12.8 Å². The molecule has 0 atom stereocenters. The summed E-state index contributed by atoms with van der Waals surface area (Å²) in [5, 5.41) is 0.949. The van der Waals surface area contributed by atoms with Crippen molar-refractivity contribution in [1.82, 2.24) is 19.4 Å². The topological polar surface area (TPSA) is 60.2 Å². The number of carbonyl (C=O) groups excluding carboxylic acids is 1. The fourth-order valence-corrected chi connectivity index (χ4v) is 6.05. The van der Waals surface area contributed by atoms with Gasteiger partial charge in [-0.25, -0.2) is 8.78 Å². The summed E-state index contributed by atoms with van der Waals surface area (Å²) in [5.41, 5.74) is 3.75. The highest BCUT2D eigenvalue weighted by Gasteiger charge is 2.27. The Morgan fingerprint density at radius 3 is 2.73 bits per heavy atom. The molecule has 0 amide bonds. The van der Waals surface area contributed by atoms with Crippen LogP contribution in [0.15, 0.2) is 36.5 Å². The quantitative estimate of drug-likeness (QED) is 0.317. The first-order valence-electron chi connectivity index (χ1n) is 13.6. The molecule has 37 heavy (non-hydrogen) atoms. The van der Waals surface area contributed by atoms with Gasteiger partial charge in [-0.1, -0.05) is 31.0 Å². The number of pyridine rings is 1. The summed E-state index contributed by atoms with van der Waals surface area (Å²) in [6.45, 7) is 4.76. The third-order valence-electron chi connectivity index (χ3n) is 8.05. The lowest BCUT2D eigenvalue weighted by Crippen LogP contribution is -2.33. The third-order valence-corrected chi connectivity index (χ3v) is 8.05. The second-order valence-corrected chi connectivity index (χ2v) is 10.4. The molecule has 1 aliphatic heterocycles. The molecule has 0 saturated heterocycles. The number of ether oxygens (including phenoxy) is 1. The standard InChI is InChI=1S/C29H36F2N4O2/c1-2-35-26-13-16-34(18-25(26)33-29(35)37-19-28(30)31)15-12-20-8-10-21(11-9-20)17-27(36)23-5-3-7-24-22(23)6-4-14-32-24/h3-7,14,20-21,28H,2,8-13,15-19H2,1H3. The van der Waals surface area contributed by atoms with Crippen LogP contribution in [0.4, 0.5) is 8.78 Å².